The van der Waals surface area contributed by atoms with Crippen molar-refractivity contribution in [2.75, 3.05) is 0 Å². The second kappa shape index (κ2) is 6.98. The van der Waals surface area contributed by atoms with E-state index in [9.17, 15) is 0 Å². The maximum Gasteiger partial charge on any atom is 0.134 e. The van der Waals surface area contributed by atoms with E-state index in [1.54, 1.807) is 12.1 Å². The number of ether oxygens (including phenoxy) is 1. The predicted molar refractivity (Wildman–Crippen MR) is 87.6 cm³/mol. The van der Waals surface area contributed by atoms with Crippen LogP contribution in [0.2, 0.25) is 10.0 Å². The summed E-state index contributed by atoms with van der Waals surface area (Å²) in [6.45, 7) is 0.405. The van der Waals surface area contributed by atoms with Crippen molar-refractivity contribution >= 4 is 55.1 Å². The summed E-state index contributed by atoms with van der Waals surface area (Å²) in [5.41, 5.74) is 2.09. The maximum absolute atomic E-state index is 6.10. The van der Waals surface area contributed by atoms with E-state index in [0.717, 1.165) is 21.1 Å². The SMILES string of the molecule is Clc1ccc(COc2ccc(CBr)cc2Br)c(Cl)c1. The topological polar surface area (TPSA) is 9.23 Å². The highest BCUT2D eigenvalue weighted by molar-refractivity contribution is 9.10. The summed E-state index contributed by atoms with van der Waals surface area (Å²) in [5, 5.41) is 2.05. The van der Waals surface area contributed by atoms with Crippen LogP contribution >= 0.6 is 55.1 Å². The van der Waals surface area contributed by atoms with Gasteiger partial charge in [0.15, 0.2) is 0 Å². The van der Waals surface area contributed by atoms with E-state index >= 15 is 0 Å². The molecule has 0 fully saturated rings. The third kappa shape index (κ3) is 4.12. The molecule has 2 rings (SSSR count). The monoisotopic (exact) mass is 422 g/mol. The largest absolute Gasteiger partial charge is 0.488 e. The number of halogens is 4. The highest BCUT2D eigenvalue weighted by Crippen LogP contribution is 2.29. The summed E-state index contributed by atoms with van der Waals surface area (Å²) in [6, 6.07) is 11.3. The Morgan fingerprint density at radius 2 is 1.84 bits per heavy atom. The zero-order valence-corrected chi connectivity index (χ0v) is 14.5. The maximum atomic E-state index is 6.10. The molecule has 0 aliphatic heterocycles. The molecule has 100 valence electrons. The van der Waals surface area contributed by atoms with Crippen molar-refractivity contribution in [1.29, 1.82) is 0 Å². The van der Waals surface area contributed by atoms with E-state index in [1.807, 2.05) is 24.3 Å². The molecule has 0 amide bonds. The van der Waals surface area contributed by atoms with Gasteiger partial charge in [-0.05, 0) is 45.8 Å². The lowest BCUT2D eigenvalue weighted by Crippen LogP contribution is -1.97. The first-order chi connectivity index (χ1) is 9.10. The van der Waals surface area contributed by atoms with Gasteiger partial charge in [0.2, 0.25) is 0 Å². The fourth-order valence-electron chi connectivity index (χ4n) is 1.54. The van der Waals surface area contributed by atoms with Crippen LogP contribution in [0.4, 0.5) is 0 Å². The Kier molecular flexibility index (Phi) is 5.58. The fourth-order valence-corrected chi connectivity index (χ4v) is 2.89. The Labute approximate surface area is 139 Å². The first-order valence-electron chi connectivity index (χ1n) is 5.51. The molecule has 0 atom stereocenters. The quantitative estimate of drug-likeness (QED) is 0.528. The molecule has 0 saturated heterocycles. The molecule has 2 aromatic carbocycles. The summed E-state index contributed by atoms with van der Waals surface area (Å²) in [7, 11) is 0. The van der Waals surface area contributed by atoms with Crippen LogP contribution in [0.25, 0.3) is 0 Å². The smallest absolute Gasteiger partial charge is 0.134 e. The molecule has 0 unspecified atom stereocenters. The molecule has 0 spiro atoms. The minimum Gasteiger partial charge on any atom is -0.488 e. The summed E-state index contributed by atoms with van der Waals surface area (Å²) < 4.78 is 6.68. The number of alkyl halides is 1. The number of benzene rings is 2. The molecular formula is C14H10Br2Cl2O. The Morgan fingerprint density at radius 1 is 1.05 bits per heavy atom. The van der Waals surface area contributed by atoms with Crippen molar-refractivity contribution in [2.45, 2.75) is 11.9 Å². The van der Waals surface area contributed by atoms with Gasteiger partial charge in [0.1, 0.15) is 12.4 Å². The molecule has 0 aromatic heterocycles. The van der Waals surface area contributed by atoms with E-state index in [2.05, 4.69) is 31.9 Å². The van der Waals surface area contributed by atoms with Crippen LogP contribution in [-0.4, -0.2) is 0 Å². The zero-order chi connectivity index (χ0) is 13.8. The Balaban J connectivity index is 2.10. The minimum atomic E-state index is 0.405. The van der Waals surface area contributed by atoms with Gasteiger partial charge in [-0.3, -0.25) is 0 Å². The van der Waals surface area contributed by atoms with Gasteiger partial charge in [-0.15, -0.1) is 0 Å². The first-order valence-corrected chi connectivity index (χ1v) is 8.18. The van der Waals surface area contributed by atoms with Crippen molar-refractivity contribution in [3.63, 3.8) is 0 Å². The summed E-state index contributed by atoms with van der Waals surface area (Å²) in [4.78, 5) is 0. The van der Waals surface area contributed by atoms with Gasteiger partial charge in [-0.25, -0.2) is 0 Å². The highest BCUT2D eigenvalue weighted by Gasteiger charge is 2.05. The van der Waals surface area contributed by atoms with E-state index in [1.165, 1.54) is 5.56 Å². The van der Waals surface area contributed by atoms with Gasteiger partial charge in [0.25, 0.3) is 0 Å². The lowest BCUT2D eigenvalue weighted by Gasteiger charge is -2.10. The molecule has 1 nitrogen and oxygen atoms in total. The van der Waals surface area contributed by atoms with Gasteiger partial charge in [-0.2, -0.15) is 0 Å². The third-order valence-electron chi connectivity index (χ3n) is 2.55. The first kappa shape index (κ1) is 15.2. The van der Waals surface area contributed by atoms with Crippen LogP contribution < -0.4 is 4.74 Å². The Hall–Kier alpha value is -0.220. The standard InChI is InChI=1S/C14H10Br2Cl2O/c15-7-9-1-4-14(12(16)5-9)19-8-10-2-3-11(17)6-13(10)18/h1-6H,7-8H2. The number of rotatable bonds is 4. The van der Waals surface area contributed by atoms with E-state index < -0.39 is 0 Å². The molecule has 19 heavy (non-hydrogen) atoms. The van der Waals surface area contributed by atoms with E-state index in [-0.39, 0.29) is 0 Å². The lowest BCUT2D eigenvalue weighted by molar-refractivity contribution is 0.304. The summed E-state index contributed by atoms with van der Waals surface area (Å²) in [5.74, 6) is 0.788. The van der Waals surface area contributed by atoms with Gasteiger partial charge in [0, 0.05) is 20.9 Å². The van der Waals surface area contributed by atoms with Gasteiger partial charge < -0.3 is 4.74 Å². The summed E-state index contributed by atoms with van der Waals surface area (Å²) in [6.07, 6.45) is 0. The van der Waals surface area contributed by atoms with Gasteiger partial charge in [0.05, 0.1) is 4.47 Å². The van der Waals surface area contributed by atoms with Crippen LogP contribution in [0, 0.1) is 0 Å². The van der Waals surface area contributed by atoms with Crippen LogP contribution in [0.1, 0.15) is 11.1 Å². The Bertz CT molecular complexity index is 588. The van der Waals surface area contributed by atoms with Crippen molar-refractivity contribution in [2.24, 2.45) is 0 Å². The van der Waals surface area contributed by atoms with Gasteiger partial charge in [-0.1, -0.05) is 51.3 Å². The van der Waals surface area contributed by atoms with Crippen molar-refractivity contribution < 1.29 is 4.74 Å². The van der Waals surface area contributed by atoms with Crippen LogP contribution in [-0.2, 0) is 11.9 Å². The van der Waals surface area contributed by atoms with Crippen molar-refractivity contribution in [3.8, 4) is 5.75 Å². The molecule has 5 heteroatoms. The summed E-state index contributed by atoms with van der Waals surface area (Å²) >= 11 is 18.9. The molecule has 0 N–H and O–H groups in total. The molecule has 0 aliphatic carbocycles. The molecule has 0 saturated carbocycles. The highest BCUT2D eigenvalue weighted by atomic mass is 79.9. The average Bonchev–Trinajstić information content (AvgIpc) is 2.39. The van der Waals surface area contributed by atoms with E-state index in [4.69, 9.17) is 27.9 Å². The van der Waals surface area contributed by atoms with Crippen LogP contribution in [0.15, 0.2) is 40.9 Å². The zero-order valence-electron chi connectivity index (χ0n) is 9.80. The minimum absolute atomic E-state index is 0.405. The van der Waals surface area contributed by atoms with Crippen LogP contribution in [0.5, 0.6) is 5.75 Å². The molecule has 2 aromatic rings. The molecular weight excluding hydrogens is 415 g/mol. The molecule has 0 heterocycles. The number of hydrogen-bond donors (Lipinski definition) is 0. The number of hydrogen-bond acceptors (Lipinski definition) is 1. The second-order valence-corrected chi connectivity index (χ2v) is 6.18. The van der Waals surface area contributed by atoms with Crippen molar-refractivity contribution in [1.82, 2.24) is 0 Å². The van der Waals surface area contributed by atoms with E-state index in [0.29, 0.717) is 16.7 Å². The normalized spacial score (nSPS) is 10.5. The van der Waals surface area contributed by atoms with Crippen molar-refractivity contribution in [3.05, 3.63) is 62.0 Å². The average molecular weight is 425 g/mol. The van der Waals surface area contributed by atoms with Gasteiger partial charge >= 0.3 is 0 Å². The second-order valence-electron chi connectivity index (χ2n) is 3.92. The fraction of sp³-hybridized carbons (Fsp3) is 0.143. The Morgan fingerprint density at radius 3 is 2.47 bits per heavy atom. The molecule has 0 bridgehead atoms. The molecule has 0 aliphatic rings. The van der Waals surface area contributed by atoms with Crippen LogP contribution in [0.3, 0.4) is 0 Å². The third-order valence-corrected chi connectivity index (χ3v) is 4.40. The lowest BCUT2D eigenvalue weighted by atomic mass is 10.2. The molecule has 0 radical (unpaired) electrons. The predicted octanol–water partition coefficient (Wildman–Crippen LogP) is 6.23.